The quantitative estimate of drug-likeness (QED) is 0.0395. The zero-order valence-electron chi connectivity index (χ0n) is 51.4. The molecule has 2 heterocycles. The molecule has 0 atom stereocenters. The molecule has 0 saturated carbocycles. The van der Waals surface area contributed by atoms with Gasteiger partial charge >= 0.3 is 0 Å². The summed E-state index contributed by atoms with van der Waals surface area (Å²) in [5.74, 6) is 1.50. The smallest absolute Gasteiger partial charge is 0.260 e. The Hall–Kier alpha value is -3.48. The van der Waals surface area contributed by atoms with E-state index < -0.39 is 0 Å². The number of hydrogen-bond donors (Lipinski definition) is 2. The lowest BCUT2D eigenvalue weighted by atomic mass is 9.91. The Balaban J connectivity index is 1.51. The van der Waals surface area contributed by atoms with Gasteiger partial charge in [0.15, 0.2) is 0 Å². The van der Waals surface area contributed by atoms with Gasteiger partial charge in [-0.1, -0.05) is 271 Å². The highest BCUT2D eigenvalue weighted by atomic mass is 32.1. The number of hydrogen-bond acceptors (Lipinski definition) is 4. The molecule has 0 bridgehead atoms. The van der Waals surface area contributed by atoms with Gasteiger partial charge in [-0.05, 0) is 120 Å². The summed E-state index contributed by atoms with van der Waals surface area (Å²) in [4.78, 5) is 36.4. The molecule has 6 heteroatoms. The Morgan fingerprint density at radius 1 is 0.570 bits per heavy atom. The maximum Gasteiger partial charge on any atom is 0.260 e. The molecule has 0 saturated heterocycles. The summed E-state index contributed by atoms with van der Waals surface area (Å²) in [6.45, 7) is 17.8. The number of carbonyl (C=O) groups excluding carboxylic acids is 2. The van der Waals surface area contributed by atoms with E-state index in [1.54, 1.807) is 0 Å². The number of carbonyl (C=O) groups is 2. The average Bonchev–Trinajstić information content (AvgIpc) is 3.68. The Morgan fingerprint density at radius 3 is 1.59 bits per heavy atom. The summed E-state index contributed by atoms with van der Waals surface area (Å²) < 4.78 is 0. The third kappa shape index (κ3) is 22.3. The molecule has 0 N–H and O–H groups in total. The van der Waals surface area contributed by atoms with Gasteiger partial charge in [0.1, 0.15) is 0 Å². The van der Waals surface area contributed by atoms with E-state index in [0.717, 1.165) is 87.7 Å². The molecule has 0 unspecified atom stereocenters. The normalized spacial score (nSPS) is 15.0. The number of benzene rings is 2. The van der Waals surface area contributed by atoms with Crippen molar-refractivity contribution in [1.29, 1.82) is 0 Å². The van der Waals surface area contributed by atoms with Crippen molar-refractivity contribution in [1.82, 2.24) is 4.90 Å². The Labute approximate surface area is 495 Å². The Bertz CT molecular complexity index is 2400. The number of amides is 2. The molecule has 2 aliphatic heterocycles. The Kier molecular flexibility index (Phi) is 32.2. The fraction of sp³-hybridized carbons (Fsp3) is 0.644. The second-order valence-electron chi connectivity index (χ2n) is 24.5. The summed E-state index contributed by atoms with van der Waals surface area (Å²) in [6, 6.07) is 11.3. The van der Waals surface area contributed by atoms with Crippen LogP contribution in [-0.2, 0) is 16.1 Å². The molecular weight excluding hydrogens is 1000 g/mol. The lowest BCUT2D eigenvalue weighted by Crippen LogP contribution is -2.43. The third-order valence-electron chi connectivity index (χ3n) is 17.4. The van der Waals surface area contributed by atoms with Crippen molar-refractivity contribution in [2.24, 2.45) is 11.8 Å². The van der Waals surface area contributed by atoms with Gasteiger partial charge in [0.25, 0.3) is 11.8 Å². The second kappa shape index (κ2) is 38.3. The lowest BCUT2D eigenvalue weighted by molar-refractivity contribution is -0.126. The van der Waals surface area contributed by atoms with Gasteiger partial charge in [-0.25, -0.2) is 0 Å². The largest absolute Gasteiger partial charge is 0.334 e. The molecule has 2 aromatic rings. The van der Waals surface area contributed by atoms with Crippen LogP contribution in [0.25, 0.3) is 23.3 Å². The minimum atomic E-state index is 0.0677. The number of rotatable bonds is 42. The van der Waals surface area contributed by atoms with Crippen LogP contribution in [0, 0.1) is 11.8 Å². The highest BCUT2D eigenvalue weighted by Crippen LogP contribution is 2.34. The van der Waals surface area contributed by atoms with Gasteiger partial charge < -0.3 is 9.80 Å². The summed E-state index contributed by atoms with van der Waals surface area (Å²) in [7, 11) is 0. The monoisotopic (exact) mass is 1110 g/mol. The molecule has 79 heavy (non-hydrogen) atoms. The first-order valence-corrected chi connectivity index (χ1v) is 33.9. The first kappa shape index (κ1) is 66.3. The van der Waals surface area contributed by atoms with E-state index in [0.29, 0.717) is 36.4 Å². The van der Waals surface area contributed by atoms with Crippen LogP contribution in [0.5, 0.6) is 0 Å². The van der Waals surface area contributed by atoms with E-state index in [1.165, 1.54) is 196 Å². The van der Waals surface area contributed by atoms with E-state index in [4.69, 9.17) is 25.3 Å². The molecule has 0 fully saturated rings. The third-order valence-corrected chi connectivity index (χ3v) is 18.3. The van der Waals surface area contributed by atoms with Gasteiger partial charge in [-0.2, -0.15) is 0 Å². The van der Waals surface area contributed by atoms with Crippen molar-refractivity contribution in [2.75, 3.05) is 18.0 Å². The van der Waals surface area contributed by atoms with Gasteiger partial charge in [-0.15, -0.1) is 25.3 Å². The second-order valence-corrected chi connectivity index (χ2v) is 25.5. The number of allylic oxidation sites excluding steroid dienone is 5. The fourth-order valence-electron chi connectivity index (χ4n) is 12.5. The van der Waals surface area contributed by atoms with Gasteiger partial charge in [0.05, 0.1) is 11.3 Å². The number of anilines is 1. The van der Waals surface area contributed by atoms with E-state index in [9.17, 15) is 0 Å². The van der Waals surface area contributed by atoms with Gasteiger partial charge in [0.2, 0.25) is 0 Å². The summed E-state index contributed by atoms with van der Waals surface area (Å²) >= 11 is 10.2. The summed E-state index contributed by atoms with van der Waals surface area (Å²) in [5.41, 5.74) is 8.44. The minimum absolute atomic E-state index is 0.0677. The van der Waals surface area contributed by atoms with Crippen LogP contribution in [0.15, 0.2) is 76.1 Å². The first-order valence-electron chi connectivity index (χ1n) is 33.1. The van der Waals surface area contributed by atoms with Crippen molar-refractivity contribution in [2.45, 2.75) is 279 Å². The maximum absolute atomic E-state index is 15.3. The predicted octanol–water partition coefficient (Wildman–Crippen LogP) is 20.7. The van der Waals surface area contributed by atoms with Crippen molar-refractivity contribution in [3.63, 3.8) is 0 Å². The van der Waals surface area contributed by atoms with Crippen LogP contribution in [0.2, 0.25) is 0 Å². The molecule has 1 aliphatic carbocycles. The minimum Gasteiger partial charge on any atom is -0.334 e. The van der Waals surface area contributed by atoms with Crippen LogP contribution >= 0.6 is 25.3 Å². The molecule has 2 aromatic carbocycles. The van der Waals surface area contributed by atoms with Crippen molar-refractivity contribution >= 4 is 66.1 Å². The predicted molar refractivity (Wildman–Crippen MR) is 353 cm³/mol. The molecule has 2 amide bonds. The van der Waals surface area contributed by atoms with E-state index in [-0.39, 0.29) is 11.8 Å². The molecule has 438 valence electrons. The Morgan fingerprint density at radius 2 is 1.08 bits per heavy atom. The van der Waals surface area contributed by atoms with Crippen LogP contribution in [-0.4, -0.2) is 29.8 Å². The molecule has 5 rings (SSSR count). The van der Waals surface area contributed by atoms with Crippen molar-refractivity contribution < 1.29 is 9.59 Å². The van der Waals surface area contributed by atoms with Crippen LogP contribution in [0.4, 0.5) is 5.69 Å². The summed E-state index contributed by atoms with van der Waals surface area (Å²) in [5, 5.41) is 1.94. The van der Waals surface area contributed by atoms with E-state index in [2.05, 4.69) is 125 Å². The fourth-order valence-corrected chi connectivity index (χ4v) is 13.1. The molecule has 0 radical (unpaired) electrons. The standard InChI is InChI=1S/C73H112N2O2S2/c1-8-13-17-21-23-25-27-29-31-35-42-59(43-36-32-30-28-26-24-22-18-14-9-2)55-75-68-53-66-64(52-67(68)71(73(75)77)70(79)39-12-5)56-74(54-58(40-33-19-15-10-3)41-34-20-16-11-4)72(76)65(66)46-38-47-69(78)63-45-37-44-61-50-60(57(6)7)48-49-62(61)51-63/h37-39,44,46-53,57-59,78-79H,8-36,40-43,45,54-56H2,1-7H3/b46-38+,69-47-,70-39-. The zero-order chi connectivity index (χ0) is 56.6. The first-order chi connectivity index (χ1) is 38.5. The number of fused-ring (bicyclic) bond motifs is 3. The van der Waals surface area contributed by atoms with Gasteiger partial charge in [0, 0.05) is 40.2 Å². The topological polar surface area (TPSA) is 40.6 Å². The number of thiol groups is 2. The molecular formula is C73H112N2O2S2. The molecule has 0 aromatic heterocycles. The SMILES string of the molecule is CC/C=C(\S)C1=c2cc3c(cc2N(CC(CCCCCCCCCCCC)CCCCCCCCCCCC)C1=O)=C(/C=C/C=C(\S)C1=Cc2ccc(C(C)C)cc2C=CC1)C(=O)N(CC(CCCCCC)CCCCCC)C3. The average molecular weight is 1110 g/mol. The summed E-state index contributed by atoms with van der Waals surface area (Å²) in [6.07, 6.45) is 57.7. The zero-order valence-corrected chi connectivity index (χ0v) is 53.2. The highest BCUT2D eigenvalue weighted by molar-refractivity contribution is 7.85. The van der Waals surface area contributed by atoms with Crippen molar-refractivity contribution in [3.8, 4) is 0 Å². The van der Waals surface area contributed by atoms with E-state index in [1.807, 2.05) is 6.08 Å². The molecule has 0 spiro atoms. The van der Waals surface area contributed by atoms with Crippen LogP contribution in [0.1, 0.15) is 295 Å². The van der Waals surface area contributed by atoms with E-state index >= 15 is 9.59 Å². The van der Waals surface area contributed by atoms with Gasteiger partial charge in [-0.3, -0.25) is 9.59 Å². The number of unbranched alkanes of at least 4 members (excludes halogenated alkanes) is 24. The number of nitrogens with zero attached hydrogens (tertiary/aromatic N) is 2. The highest BCUT2D eigenvalue weighted by Gasteiger charge is 2.35. The van der Waals surface area contributed by atoms with Crippen LogP contribution in [0.3, 0.4) is 0 Å². The maximum atomic E-state index is 15.3. The molecule has 3 aliphatic rings. The lowest BCUT2D eigenvalue weighted by Gasteiger charge is -2.32. The molecule has 4 nitrogen and oxygen atoms in total. The van der Waals surface area contributed by atoms with Crippen molar-refractivity contribution in [3.05, 3.63) is 109 Å². The van der Waals surface area contributed by atoms with Crippen LogP contribution < -0.4 is 15.3 Å².